The molecule has 6 nitrogen and oxygen atoms in total. The van der Waals surface area contributed by atoms with Gasteiger partial charge < -0.3 is 5.32 Å². The lowest BCUT2D eigenvalue weighted by molar-refractivity contribution is 0.0957. The lowest BCUT2D eigenvalue weighted by Gasteiger charge is -2.21. The van der Waals surface area contributed by atoms with Gasteiger partial charge in [-0.1, -0.05) is 6.07 Å². The summed E-state index contributed by atoms with van der Waals surface area (Å²) in [7, 11) is -1.71. The predicted molar refractivity (Wildman–Crippen MR) is 71.2 cm³/mol. The van der Waals surface area contributed by atoms with E-state index in [1.807, 2.05) is 0 Å². The lowest BCUT2D eigenvalue weighted by atomic mass is 10.1. The van der Waals surface area contributed by atoms with Crippen molar-refractivity contribution in [1.29, 1.82) is 0 Å². The van der Waals surface area contributed by atoms with Gasteiger partial charge in [0.15, 0.2) is 0 Å². The zero-order valence-electron chi connectivity index (χ0n) is 11.0. The minimum atomic E-state index is -3.25. The Morgan fingerprint density at radius 1 is 1.47 bits per heavy atom. The molecule has 1 aliphatic rings. The molecular weight excluding hydrogens is 266 g/mol. The summed E-state index contributed by atoms with van der Waals surface area (Å²) in [5, 5.41) is 2.51. The number of nitrogens with zero attached hydrogens (tertiary/aromatic N) is 2. The summed E-state index contributed by atoms with van der Waals surface area (Å²) in [6, 6.07) is 4.84. The summed E-state index contributed by atoms with van der Waals surface area (Å²) in [4.78, 5) is 15.8. The number of pyridine rings is 1. The highest BCUT2D eigenvalue weighted by Gasteiger charge is 2.33. The number of nitrogens with one attached hydrogen (secondary N) is 1. The van der Waals surface area contributed by atoms with Crippen LogP contribution in [0, 0.1) is 0 Å². The van der Waals surface area contributed by atoms with Crippen molar-refractivity contribution in [1.82, 2.24) is 14.6 Å². The van der Waals surface area contributed by atoms with E-state index in [2.05, 4.69) is 10.3 Å². The highest BCUT2D eigenvalue weighted by Crippen LogP contribution is 2.32. The van der Waals surface area contributed by atoms with E-state index >= 15 is 0 Å². The van der Waals surface area contributed by atoms with Crippen molar-refractivity contribution in [2.45, 2.75) is 18.9 Å². The molecule has 0 aromatic carbocycles. The molecule has 0 spiro atoms. The second kappa shape index (κ2) is 5.26. The average molecular weight is 283 g/mol. The maximum absolute atomic E-state index is 11.7. The Balaban J connectivity index is 2.34. The third-order valence-corrected chi connectivity index (χ3v) is 4.49. The number of amides is 1. The van der Waals surface area contributed by atoms with Gasteiger partial charge in [-0.15, -0.1) is 0 Å². The molecule has 1 N–H and O–H groups in total. The van der Waals surface area contributed by atoms with Crippen molar-refractivity contribution < 1.29 is 13.2 Å². The number of hydrogen-bond acceptors (Lipinski definition) is 4. The van der Waals surface area contributed by atoms with Crippen molar-refractivity contribution in [3.63, 3.8) is 0 Å². The molecule has 0 saturated carbocycles. The van der Waals surface area contributed by atoms with Gasteiger partial charge in [0.2, 0.25) is 10.0 Å². The van der Waals surface area contributed by atoms with Gasteiger partial charge in [-0.3, -0.25) is 4.79 Å². The summed E-state index contributed by atoms with van der Waals surface area (Å²) < 4.78 is 24.9. The second-order valence-corrected chi connectivity index (χ2v) is 6.49. The van der Waals surface area contributed by atoms with Crippen molar-refractivity contribution in [3.05, 3.63) is 29.6 Å². The topological polar surface area (TPSA) is 79.4 Å². The molecule has 0 bridgehead atoms. The van der Waals surface area contributed by atoms with Crippen LogP contribution in [-0.2, 0) is 10.0 Å². The van der Waals surface area contributed by atoms with E-state index in [0.717, 1.165) is 12.8 Å². The molecule has 1 atom stereocenters. The molecule has 1 saturated heterocycles. The largest absolute Gasteiger partial charge is 0.354 e. The van der Waals surface area contributed by atoms with Crippen LogP contribution in [0.15, 0.2) is 18.2 Å². The number of sulfonamides is 1. The predicted octanol–water partition coefficient (Wildman–Crippen LogP) is 0.538. The fourth-order valence-corrected chi connectivity index (χ4v) is 3.46. The van der Waals surface area contributed by atoms with E-state index in [4.69, 9.17) is 0 Å². The van der Waals surface area contributed by atoms with Crippen LogP contribution in [0.5, 0.6) is 0 Å². The molecule has 1 aromatic heterocycles. The van der Waals surface area contributed by atoms with Gasteiger partial charge in [0.1, 0.15) is 5.69 Å². The van der Waals surface area contributed by atoms with Gasteiger partial charge in [-0.25, -0.2) is 13.4 Å². The Labute approximate surface area is 112 Å². The maximum atomic E-state index is 11.7. The van der Waals surface area contributed by atoms with Crippen LogP contribution in [0.2, 0.25) is 0 Å². The van der Waals surface area contributed by atoms with Gasteiger partial charge in [-0.2, -0.15) is 4.31 Å². The number of aromatic nitrogens is 1. The summed E-state index contributed by atoms with van der Waals surface area (Å²) in [5.74, 6) is -0.272. The van der Waals surface area contributed by atoms with Crippen LogP contribution >= 0.6 is 0 Å². The zero-order chi connectivity index (χ0) is 14.0. The number of carbonyl (C=O) groups is 1. The third kappa shape index (κ3) is 2.93. The first kappa shape index (κ1) is 14.0. The molecule has 7 heteroatoms. The Kier molecular flexibility index (Phi) is 3.86. The zero-order valence-corrected chi connectivity index (χ0v) is 11.8. The highest BCUT2D eigenvalue weighted by molar-refractivity contribution is 7.88. The van der Waals surface area contributed by atoms with E-state index in [1.165, 1.54) is 17.6 Å². The van der Waals surface area contributed by atoms with Crippen LogP contribution in [0.1, 0.15) is 35.1 Å². The van der Waals surface area contributed by atoms with Gasteiger partial charge in [0.05, 0.1) is 18.0 Å². The maximum Gasteiger partial charge on any atom is 0.269 e. The first-order valence-electron chi connectivity index (χ1n) is 6.09. The first-order chi connectivity index (χ1) is 8.93. The minimum absolute atomic E-state index is 0.264. The van der Waals surface area contributed by atoms with E-state index < -0.39 is 10.0 Å². The summed E-state index contributed by atoms with van der Waals surface area (Å²) in [5.41, 5.74) is 0.935. The number of carbonyl (C=O) groups excluding carboxylic acids is 1. The molecule has 1 fully saturated rings. The van der Waals surface area contributed by atoms with E-state index in [9.17, 15) is 13.2 Å². The SMILES string of the molecule is CNC(=O)c1cccc([C@@H]2CCCN2S(C)(=O)=O)n1. The molecular formula is C12H17N3O3S. The monoisotopic (exact) mass is 283 g/mol. The molecule has 19 heavy (non-hydrogen) atoms. The number of rotatable bonds is 3. The van der Waals surface area contributed by atoms with Crippen molar-refractivity contribution in [3.8, 4) is 0 Å². The van der Waals surface area contributed by atoms with Crippen LogP contribution in [-0.4, -0.2) is 43.5 Å². The Morgan fingerprint density at radius 2 is 2.21 bits per heavy atom. The first-order valence-corrected chi connectivity index (χ1v) is 7.94. The van der Waals surface area contributed by atoms with E-state index in [1.54, 1.807) is 18.2 Å². The average Bonchev–Trinajstić information content (AvgIpc) is 2.87. The summed E-state index contributed by atoms with van der Waals surface area (Å²) >= 11 is 0. The molecule has 0 aliphatic carbocycles. The molecule has 0 unspecified atom stereocenters. The normalized spacial score (nSPS) is 20.4. The van der Waals surface area contributed by atoms with Crippen LogP contribution < -0.4 is 5.32 Å². The van der Waals surface area contributed by atoms with Crippen LogP contribution in [0.4, 0.5) is 0 Å². The molecule has 104 valence electrons. The fraction of sp³-hybridized carbons (Fsp3) is 0.500. The Hall–Kier alpha value is -1.47. The van der Waals surface area contributed by atoms with Crippen LogP contribution in [0.25, 0.3) is 0 Å². The number of hydrogen-bond donors (Lipinski definition) is 1. The molecule has 2 heterocycles. The van der Waals surface area contributed by atoms with Crippen molar-refractivity contribution >= 4 is 15.9 Å². The fourth-order valence-electron chi connectivity index (χ4n) is 2.32. The molecule has 1 aromatic rings. The van der Waals surface area contributed by atoms with Crippen molar-refractivity contribution in [2.75, 3.05) is 19.8 Å². The lowest BCUT2D eigenvalue weighted by Crippen LogP contribution is -2.30. The van der Waals surface area contributed by atoms with Crippen LogP contribution in [0.3, 0.4) is 0 Å². The van der Waals surface area contributed by atoms with Crippen molar-refractivity contribution in [2.24, 2.45) is 0 Å². The molecule has 2 rings (SSSR count). The second-order valence-electron chi connectivity index (χ2n) is 4.56. The van der Waals surface area contributed by atoms with Gasteiger partial charge in [0.25, 0.3) is 5.91 Å². The summed E-state index contributed by atoms with van der Waals surface area (Å²) in [6.07, 6.45) is 2.74. The molecule has 1 aliphatic heterocycles. The quantitative estimate of drug-likeness (QED) is 0.878. The highest BCUT2D eigenvalue weighted by atomic mass is 32.2. The third-order valence-electron chi connectivity index (χ3n) is 3.20. The van der Waals surface area contributed by atoms with E-state index in [-0.39, 0.29) is 11.9 Å². The Bertz CT molecular complexity index is 586. The van der Waals surface area contributed by atoms with E-state index in [0.29, 0.717) is 17.9 Å². The molecule has 0 radical (unpaired) electrons. The summed E-state index contributed by atoms with van der Waals surface area (Å²) in [6.45, 7) is 0.509. The molecule has 1 amide bonds. The Morgan fingerprint density at radius 3 is 2.84 bits per heavy atom. The standard InChI is InChI=1S/C12H17N3O3S/c1-13-12(16)10-6-3-5-9(14-10)11-7-4-8-15(11)19(2,17)18/h3,5-6,11H,4,7-8H2,1-2H3,(H,13,16)/t11-/m0/s1. The smallest absolute Gasteiger partial charge is 0.269 e. The van der Waals surface area contributed by atoms with Gasteiger partial charge in [-0.05, 0) is 25.0 Å². The van der Waals surface area contributed by atoms with Gasteiger partial charge >= 0.3 is 0 Å². The minimum Gasteiger partial charge on any atom is -0.354 e. The van der Waals surface area contributed by atoms with Gasteiger partial charge in [0, 0.05) is 13.6 Å².